The van der Waals surface area contributed by atoms with Crippen molar-refractivity contribution in [2.45, 2.75) is 59.4 Å². The third-order valence-electron chi connectivity index (χ3n) is 3.22. The van der Waals surface area contributed by atoms with E-state index in [4.69, 9.17) is 0 Å². The normalized spacial score (nSPS) is 14.6. The van der Waals surface area contributed by atoms with E-state index in [-0.39, 0.29) is 0 Å². The molecule has 0 aliphatic carbocycles. The lowest BCUT2D eigenvalue weighted by Crippen LogP contribution is -2.33. The molecular formula is C14H25N3. The van der Waals surface area contributed by atoms with Gasteiger partial charge in [0.15, 0.2) is 0 Å². The van der Waals surface area contributed by atoms with Crippen molar-refractivity contribution in [3.63, 3.8) is 0 Å². The number of aromatic nitrogens is 2. The van der Waals surface area contributed by atoms with Crippen molar-refractivity contribution in [1.82, 2.24) is 15.3 Å². The molecule has 1 rings (SSSR count). The Bertz CT molecular complexity index is 349. The first-order chi connectivity index (χ1) is 8.10. The Kier molecular flexibility index (Phi) is 5.56. The minimum Gasteiger partial charge on any atom is -0.314 e. The second-order valence-electron chi connectivity index (χ2n) is 4.74. The van der Waals surface area contributed by atoms with Crippen molar-refractivity contribution in [3.05, 3.63) is 23.3 Å². The quantitative estimate of drug-likeness (QED) is 0.823. The van der Waals surface area contributed by atoms with Crippen LogP contribution in [0.1, 0.15) is 56.6 Å². The van der Waals surface area contributed by atoms with Crippen LogP contribution in [0.25, 0.3) is 0 Å². The van der Waals surface area contributed by atoms with Gasteiger partial charge >= 0.3 is 0 Å². The molecule has 2 atom stereocenters. The number of hydrogen-bond acceptors (Lipinski definition) is 3. The molecule has 0 saturated carbocycles. The van der Waals surface area contributed by atoms with Crippen LogP contribution >= 0.6 is 0 Å². The second kappa shape index (κ2) is 6.70. The number of nitrogens with zero attached hydrogens (tertiary/aromatic N) is 2. The van der Waals surface area contributed by atoms with Crippen LogP contribution in [0.3, 0.4) is 0 Å². The maximum atomic E-state index is 4.67. The van der Waals surface area contributed by atoms with Crippen LogP contribution < -0.4 is 5.32 Å². The molecule has 1 N–H and O–H groups in total. The Morgan fingerprint density at radius 3 is 2.59 bits per heavy atom. The van der Waals surface area contributed by atoms with Crippen LogP contribution in [0.15, 0.2) is 6.20 Å². The third kappa shape index (κ3) is 3.77. The van der Waals surface area contributed by atoms with E-state index in [2.05, 4.69) is 43.0 Å². The molecule has 96 valence electrons. The minimum atomic E-state index is 0.453. The molecule has 3 heteroatoms. The minimum absolute atomic E-state index is 0.453. The van der Waals surface area contributed by atoms with Crippen LogP contribution in [0.5, 0.6) is 0 Å². The van der Waals surface area contributed by atoms with Gasteiger partial charge < -0.3 is 5.32 Å². The molecule has 17 heavy (non-hydrogen) atoms. The summed E-state index contributed by atoms with van der Waals surface area (Å²) >= 11 is 0. The number of hydrogen-bond donors (Lipinski definition) is 1. The molecule has 0 amide bonds. The molecule has 0 bridgehead atoms. The topological polar surface area (TPSA) is 37.8 Å². The Labute approximate surface area is 105 Å². The van der Waals surface area contributed by atoms with Gasteiger partial charge in [-0.25, -0.2) is 0 Å². The molecule has 1 aromatic rings. The van der Waals surface area contributed by atoms with Gasteiger partial charge in [0.1, 0.15) is 0 Å². The van der Waals surface area contributed by atoms with Gasteiger partial charge in [0, 0.05) is 18.2 Å². The van der Waals surface area contributed by atoms with Crippen molar-refractivity contribution >= 4 is 0 Å². The van der Waals surface area contributed by atoms with Crippen LogP contribution in [0, 0.1) is 13.8 Å². The van der Waals surface area contributed by atoms with E-state index in [1.54, 1.807) is 0 Å². The van der Waals surface area contributed by atoms with E-state index in [1.807, 2.05) is 13.1 Å². The summed E-state index contributed by atoms with van der Waals surface area (Å²) in [6.07, 6.45) is 4.10. The Balaban J connectivity index is 2.88. The van der Waals surface area contributed by atoms with E-state index in [0.717, 1.165) is 30.0 Å². The smallest absolute Gasteiger partial charge is 0.0665 e. The highest BCUT2D eigenvalue weighted by molar-refractivity contribution is 5.18. The number of rotatable bonds is 6. The van der Waals surface area contributed by atoms with Gasteiger partial charge in [-0.2, -0.15) is 0 Å². The molecule has 1 heterocycles. The van der Waals surface area contributed by atoms with Crippen molar-refractivity contribution in [2.24, 2.45) is 0 Å². The molecule has 0 aliphatic heterocycles. The standard InChI is InChI=1S/C14H25N3/c1-6-8-15-11(4)13(7-2)14-12(5)16-9-10(3)17-14/h9,11,13,15H,6-8H2,1-5H3. The highest BCUT2D eigenvalue weighted by atomic mass is 14.9. The summed E-state index contributed by atoms with van der Waals surface area (Å²) in [4.78, 5) is 9.09. The lowest BCUT2D eigenvalue weighted by molar-refractivity contribution is 0.440. The molecule has 0 radical (unpaired) electrons. The Hall–Kier alpha value is -0.960. The largest absolute Gasteiger partial charge is 0.314 e. The predicted octanol–water partition coefficient (Wildman–Crippen LogP) is 2.98. The fraction of sp³-hybridized carbons (Fsp3) is 0.714. The zero-order chi connectivity index (χ0) is 12.8. The Morgan fingerprint density at radius 1 is 1.29 bits per heavy atom. The van der Waals surface area contributed by atoms with E-state index in [1.165, 1.54) is 6.42 Å². The fourth-order valence-electron chi connectivity index (χ4n) is 2.21. The van der Waals surface area contributed by atoms with E-state index in [0.29, 0.717) is 12.0 Å². The molecule has 1 aromatic heterocycles. The van der Waals surface area contributed by atoms with Gasteiger partial charge in [0.05, 0.1) is 17.1 Å². The zero-order valence-electron chi connectivity index (χ0n) is 11.7. The first-order valence-electron chi connectivity index (χ1n) is 6.63. The van der Waals surface area contributed by atoms with E-state index >= 15 is 0 Å². The molecule has 0 aliphatic rings. The molecular weight excluding hydrogens is 210 g/mol. The molecule has 0 spiro atoms. The van der Waals surface area contributed by atoms with Crippen LogP contribution in [-0.2, 0) is 0 Å². The van der Waals surface area contributed by atoms with Gasteiger partial charge in [-0.15, -0.1) is 0 Å². The summed E-state index contributed by atoms with van der Waals surface area (Å²) < 4.78 is 0. The maximum absolute atomic E-state index is 4.67. The molecule has 3 nitrogen and oxygen atoms in total. The number of aryl methyl sites for hydroxylation is 2. The van der Waals surface area contributed by atoms with Crippen LogP contribution in [-0.4, -0.2) is 22.6 Å². The number of nitrogens with one attached hydrogen (secondary N) is 1. The summed E-state index contributed by atoms with van der Waals surface area (Å²) in [5.74, 6) is 0.453. The first kappa shape index (κ1) is 14.1. The average Bonchev–Trinajstić information content (AvgIpc) is 2.32. The van der Waals surface area contributed by atoms with Crippen molar-refractivity contribution in [1.29, 1.82) is 0 Å². The van der Waals surface area contributed by atoms with Gasteiger partial charge in [-0.05, 0) is 40.2 Å². The van der Waals surface area contributed by atoms with Crippen molar-refractivity contribution < 1.29 is 0 Å². The molecule has 2 unspecified atom stereocenters. The van der Waals surface area contributed by atoms with Gasteiger partial charge in [0.2, 0.25) is 0 Å². The zero-order valence-corrected chi connectivity index (χ0v) is 11.7. The molecule has 0 aromatic carbocycles. The van der Waals surface area contributed by atoms with Crippen LogP contribution in [0.4, 0.5) is 0 Å². The van der Waals surface area contributed by atoms with Crippen molar-refractivity contribution in [3.8, 4) is 0 Å². The average molecular weight is 235 g/mol. The van der Waals surface area contributed by atoms with E-state index < -0.39 is 0 Å². The first-order valence-corrected chi connectivity index (χ1v) is 6.63. The summed E-state index contributed by atoms with van der Waals surface area (Å²) in [7, 11) is 0. The predicted molar refractivity (Wildman–Crippen MR) is 72.3 cm³/mol. The second-order valence-corrected chi connectivity index (χ2v) is 4.74. The monoisotopic (exact) mass is 235 g/mol. The van der Waals surface area contributed by atoms with E-state index in [9.17, 15) is 0 Å². The summed E-state index contributed by atoms with van der Waals surface area (Å²) in [6, 6.07) is 0.453. The highest BCUT2D eigenvalue weighted by Gasteiger charge is 2.20. The van der Waals surface area contributed by atoms with Gasteiger partial charge in [-0.1, -0.05) is 13.8 Å². The molecule has 0 fully saturated rings. The molecule has 0 saturated heterocycles. The Morgan fingerprint density at radius 2 is 2.00 bits per heavy atom. The summed E-state index contributed by atoms with van der Waals surface area (Å²) in [5, 5.41) is 3.56. The van der Waals surface area contributed by atoms with Crippen molar-refractivity contribution in [2.75, 3.05) is 6.54 Å². The lowest BCUT2D eigenvalue weighted by atomic mass is 9.93. The maximum Gasteiger partial charge on any atom is 0.0665 e. The van der Waals surface area contributed by atoms with Gasteiger partial charge in [-0.3, -0.25) is 9.97 Å². The summed E-state index contributed by atoms with van der Waals surface area (Å²) in [6.45, 7) is 11.8. The summed E-state index contributed by atoms with van der Waals surface area (Å²) in [5.41, 5.74) is 3.22. The fourth-order valence-corrected chi connectivity index (χ4v) is 2.21. The van der Waals surface area contributed by atoms with Crippen LogP contribution in [0.2, 0.25) is 0 Å². The third-order valence-corrected chi connectivity index (χ3v) is 3.22. The lowest BCUT2D eigenvalue weighted by Gasteiger charge is -2.24. The van der Waals surface area contributed by atoms with Gasteiger partial charge in [0.25, 0.3) is 0 Å². The SMILES string of the molecule is CCCNC(C)C(CC)c1nc(C)cnc1C. The highest BCUT2D eigenvalue weighted by Crippen LogP contribution is 2.23.